The van der Waals surface area contributed by atoms with Gasteiger partial charge in [-0.3, -0.25) is 14.5 Å². The largest absolute Gasteiger partial charge is 0.344 e. The van der Waals surface area contributed by atoms with E-state index in [9.17, 15) is 9.59 Å². The van der Waals surface area contributed by atoms with Crippen molar-refractivity contribution >= 4 is 23.4 Å². The topological polar surface area (TPSA) is 52.7 Å². The summed E-state index contributed by atoms with van der Waals surface area (Å²) in [6, 6.07) is 17.0. The van der Waals surface area contributed by atoms with E-state index in [1.807, 2.05) is 68.4 Å². The summed E-state index contributed by atoms with van der Waals surface area (Å²) in [5.74, 6) is -0.115. The Labute approximate surface area is 172 Å². The van der Waals surface area contributed by atoms with Gasteiger partial charge in [0.1, 0.15) is 0 Å². The zero-order chi connectivity index (χ0) is 20.5. The number of carbonyl (C=O) groups is 2. The van der Waals surface area contributed by atoms with Crippen LogP contribution in [0, 0.1) is 0 Å². The fourth-order valence-corrected chi connectivity index (χ4v) is 3.20. The fourth-order valence-electron chi connectivity index (χ4n) is 3.07. The molecule has 0 saturated heterocycles. The van der Waals surface area contributed by atoms with Gasteiger partial charge in [-0.05, 0) is 44.2 Å². The lowest BCUT2D eigenvalue weighted by Gasteiger charge is -2.24. The molecule has 0 radical (unpaired) electrons. The van der Waals surface area contributed by atoms with Crippen LogP contribution in [-0.4, -0.2) is 54.8 Å². The molecular formula is C22H28ClN3O2. The van der Waals surface area contributed by atoms with Crippen LogP contribution in [0.4, 0.5) is 0 Å². The van der Waals surface area contributed by atoms with Crippen molar-refractivity contribution in [2.24, 2.45) is 0 Å². The van der Waals surface area contributed by atoms with Gasteiger partial charge in [-0.1, -0.05) is 54.1 Å². The van der Waals surface area contributed by atoms with Gasteiger partial charge in [0, 0.05) is 18.1 Å². The predicted octanol–water partition coefficient (Wildman–Crippen LogP) is 3.35. The Hall–Kier alpha value is -2.37. The lowest BCUT2D eigenvalue weighted by molar-refractivity contribution is -0.132. The van der Waals surface area contributed by atoms with E-state index >= 15 is 0 Å². The molecule has 2 aromatic carbocycles. The van der Waals surface area contributed by atoms with Crippen molar-refractivity contribution in [3.63, 3.8) is 0 Å². The Bertz CT molecular complexity index is 761. The molecule has 150 valence electrons. The molecular weight excluding hydrogens is 374 g/mol. The van der Waals surface area contributed by atoms with E-state index < -0.39 is 0 Å². The van der Waals surface area contributed by atoms with Crippen LogP contribution < -0.4 is 5.32 Å². The average molecular weight is 402 g/mol. The van der Waals surface area contributed by atoms with Gasteiger partial charge in [0.15, 0.2) is 0 Å². The molecule has 0 aromatic heterocycles. The number of nitrogens with zero attached hydrogens (tertiary/aromatic N) is 2. The summed E-state index contributed by atoms with van der Waals surface area (Å²) in [6.07, 6.45) is 0. The minimum atomic E-state index is -0.280. The summed E-state index contributed by atoms with van der Waals surface area (Å²) >= 11 is 6.00. The highest BCUT2D eigenvalue weighted by Gasteiger charge is 2.19. The molecule has 2 rings (SSSR count). The molecule has 0 fully saturated rings. The van der Waals surface area contributed by atoms with Crippen molar-refractivity contribution in [3.05, 3.63) is 70.7 Å². The standard InChI is InChI=1S/C22H28ClN3O2/c1-4-26(5-2)21(28)16-25(3)15-20(27)24-22(17-9-7-6-8-10-17)18-11-13-19(23)14-12-18/h6-14,22H,4-5,15-16H2,1-3H3,(H,24,27)/t22-/m1/s1. The number of hydrogen-bond donors (Lipinski definition) is 1. The molecule has 0 spiro atoms. The Morgan fingerprint density at radius 3 is 2.07 bits per heavy atom. The van der Waals surface area contributed by atoms with Gasteiger partial charge in [0.05, 0.1) is 19.1 Å². The Balaban J connectivity index is 2.06. The summed E-state index contributed by atoms with van der Waals surface area (Å²) in [6.45, 7) is 5.59. The molecule has 1 atom stereocenters. The molecule has 2 amide bonds. The molecule has 0 saturated carbocycles. The quantitative estimate of drug-likeness (QED) is 0.701. The molecule has 1 N–H and O–H groups in total. The smallest absolute Gasteiger partial charge is 0.236 e. The lowest BCUT2D eigenvalue weighted by atomic mass is 9.98. The predicted molar refractivity (Wildman–Crippen MR) is 113 cm³/mol. The van der Waals surface area contributed by atoms with Crippen LogP contribution in [0.3, 0.4) is 0 Å². The molecule has 0 aliphatic carbocycles. The second kappa shape index (κ2) is 10.8. The number of nitrogens with one attached hydrogen (secondary N) is 1. The van der Waals surface area contributed by atoms with Crippen molar-refractivity contribution in [1.82, 2.24) is 15.1 Å². The van der Waals surface area contributed by atoms with Crippen LogP contribution in [0.1, 0.15) is 31.0 Å². The molecule has 6 heteroatoms. The van der Waals surface area contributed by atoms with Crippen LogP contribution >= 0.6 is 11.6 Å². The van der Waals surface area contributed by atoms with E-state index in [-0.39, 0.29) is 30.9 Å². The highest BCUT2D eigenvalue weighted by Crippen LogP contribution is 2.23. The SMILES string of the molecule is CCN(CC)C(=O)CN(C)CC(=O)N[C@H](c1ccccc1)c1ccc(Cl)cc1. The fraction of sp³-hybridized carbons (Fsp3) is 0.364. The van der Waals surface area contributed by atoms with E-state index in [0.29, 0.717) is 18.1 Å². The zero-order valence-electron chi connectivity index (χ0n) is 16.7. The third-order valence-corrected chi connectivity index (χ3v) is 4.83. The van der Waals surface area contributed by atoms with Gasteiger partial charge in [-0.25, -0.2) is 0 Å². The van der Waals surface area contributed by atoms with Crippen LogP contribution in [0.15, 0.2) is 54.6 Å². The van der Waals surface area contributed by atoms with Crippen LogP contribution in [0.25, 0.3) is 0 Å². The Kier molecular flexibility index (Phi) is 8.48. The summed E-state index contributed by atoms with van der Waals surface area (Å²) in [5, 5.41) is 3.73. The first-order chi connectivity index (χ1) is 13.4. The van der Waals surface area contributed by atoms with Gasteiger partial charge >= 0.3 is 0 Å². The normalized spacial score (nSPS) is 11.9. The van der Waals surface area contributed by atoms with Gasteiger partial charge < -0.3 is 10.2 Å². The number of benzene rings is 2. The zero-order valence-corrected chi connectivity index (χ0v) is 17.4. The Morgan fingerprint density at radius 1 is 0.929 bits per heavy atom. The van der Waals surface area contributed by atoms with Crippen LogP contribution in [0.5, 0.6) is 0 Å². The van der Waals surface area contributed by atoms with Gasteiger partial charge in [0.2, 0.25) is 11.8 Å². The van der Waals surface area contributed by atoms with Gasteiger partial charge in [-0.15, -0.1) is 0 Å². The van der Waals surface area contributed by atoms with E-state index in [0.717, 1.165) is 11.1 Å². The molecule has 0 unspecified atom stereocenters. The summed E-state index contributed by atoms with van der Waals surface area (Å²) in [5.41, 5.74) is 1.94. The molecule has 0 heterocycles. The summed E-state index contributed by atoms with van der Waals surface area (Å²) in [4.78, 5) is 28.4. The Morgan fingerprint density at radius 2 is 1.50 bits per heavy atom. The van der Waals surface area contributed by atoms with Crippen LogP contribution in [-0.2, 0) is 9.59 Å². The average Bonchev–Trinajstić information content (AvgIpc) is 2.68. The minimum absolute atomic E-state index is 0.0256. The highest BCUT2D eigenvalue weighted by molar-refractivity contribution is 6.30. The number of likely N-dealkylation sites (N-methyl/N-ethyl adjacent to an activating group) is 2. The number of halogens is 1. The van der Waals surface area contributed by atoms with Gasteiger partial charge in [0.25, 0.3) is 0 Å². The van der Waals surface area contributed by atoms with Crippen molar-refractivity contribution in [3.8, 4) is 0 Å². The van der Waals surface area contributed by atoms with E-state index in [1.54, 1.807) is 16.8 Å². The van der Waals surface area contributed by atoms with Crippen LogP contribution in [0.2, 0.25) is 5.02 Å². The van der Waals surface area contributed by atoms with Gasteiger partial charge in [-0.2, -0.15) is 0 Å². The first-order valence-corrected chi connectivity index (χ1v) is 9.88. The number of hydrogen-bond acceptors (Lipinski definition) is 3. The summed E-state index contributed by atoms with van der Waals surface area (Å²) < 4.78 is 0. The van der Waals surface area contributed by atoms with E-state index in [2.05, 4.69) is 5.32 Å². The number of amides is 2. The van der Waals surface area contributed by atoms with Crippen molar-refractivity contribution in [1.29, 1.82) is 0 Å². The number of carbonyl (C=O) groups excluding carboxylic acids is 2. The molecule has 0 bridgehead atoms. The van der Waals surface area contributed by atoms with Crippen molar-refractivity contribution in [2.75, 3.05) is 33.2 Å². The molecule has 5 nitrogen and oxygen atoms in total. The molecule has 2 aromatic rings. The molecule has 28 heavy (non-hydrogen) atoms. The maximum Gasteiger partial charge on any atom is 0.236 e. The van der Waals surface area contributed by atoms with E-state index in [4.69, 9.17) is 11.6 Å². The second-order valence-electron chi connectivity index (χ2n) is 6.70. The number of rotatable bonds is 9. The van der Waals surface area contributed by atoms with Crippen molar-refractivity contribution < 1.29 is 9.59 Å². The maximum absolute atomic E-state index is 12.7. The second-order valence-corrected chi connectivity index (χ2v) is 7.14. The monoisotopic (exact) mass is 401 g/mol. The highest BCUT2D eigenvalue weighted by atomic mass is 35.5. The van der Waals surface area contributed by atoms with E-state index in [1.165, 1.54) is 0 Å². The molecule has 0 aliphatic rings. The third kappa shape index (κ3) is 6.36. The first kappa shape index (κ1) is 21.9. The lowest BCUT2D eigenvalue weighted by Crippen LogP contribution is -2.43. The minimum Gasteiger partial charge on any atom is -0.344 e. The molecule has 0 aliphatic heterocycles. The maximum atomic E-state index is 12.7. The third-order valence-electron chi connectivity index (χ3n) is 4.58. The first-order valence-electron chi connectivity index (χ1n) is 9.50. The summed E-state index contributed by atoms with van der Waals surface area (Å²) in [7, 11) is 1.78. The van der Waals surface area contributed by atoms with Crippen molar-refractivity contribution in [2.45, 2.75) is 19.9 Å².